The number of aryl methyl sites for hydroxylation is 1. The van der Waals surface area contributed by atoms with Crippen LogP contribution >= 0.6 is 39.1 Å². The quantitative estimate of drug-likeness (QED) is 0.483. The second-order valence-corrected chi connectivity index (χ2v) is 7.30. The lowest BCUT2D eigenvalue weighted by Gasteiger charge is -2.06. The SMILES string of the molecule is NCCCCc1c(-c2cccc(Br)c2)[nH]c2c(Cl)cc(Cl)cc12. The molecule has 2 nitrogen and oxygen atoms in total. The Bertz CT molecular complexity index is 842. The number of aromatic nitrogens is 1. The molecule has 0 saturated heterocycles. The van der Waals surface area contributed by atoms with Crippen molar-refractivity contribution in [2.75, 3.05) is 6.54 Å². The molecular weight excluding hydrogens is 395 g/mol. The third kappa shape index (κ3) is 3.58. The zero-order valence-corrected chi connectivity index (χ0v) is 15.6. The van der Waals surface area contributed by atoms with Gasteiger partial charge in [-0.3, -0.25) is 0 Å². The number of aromatic amines is 1. The Morgan fingerprint density at radius 1 is 1.09 bits per heavy atom. The van der Waals surface area contributed by atoms with E-state index in [1.165, 1.54) is 5.56 Å². The average Bonchev–Trinajstić information content (AvgIpc) is 2.87. The molecule has 0 unspecified atom stereocenters. The molecule has 2 aromatic carbocycles. The highest BCUT2D eigenvalue weighted by molar-refractivity contribution is 9.10. The third-order valence-corrected chi connectivity index (χ3v) is 4.94. The number of hydrogen-bond acceptors (Lipinski definition) is 1. The molecule has 0 spiro atoms. The number of hydrogen-bond donors (Lipinski definition) is 2. The number of rotatable bonds is 5. The normalized spacial score (nSPS) is 11.3. The van der Waals surface area contributed by atoms with Gasteiger partial charge in [-0.2, -0.15) is 0 Å². The van der Waals surface area contributed by atoms with Gasteiger partial charge in [-0.05, 0) is 61.2 Å². The second kappa shape index (κ2) is 7.27. The molecule has 0 bridgehead atoms. The van der Waals surface area contributed by atoms with Crippen LogP contribution in [0.2, 0.25) is 10.0 Å². The van der Waals surface area contributed by atoms with Gasteiger partial charge >= 0.3 is 0 Å². The second-order valence-electron chi connectivity index (χ2n) is 5.54. The molecule has 0 amide bonds. The lowest BCUT2D eigenvalue weighted by Crippen LogP contribution is -1.99. The largest absolute Gasteiger partial charge is 0.353 e. The number of H-pyrrole nitrogens is 1. The van der Waals surface area contributed by atoms with Crippen LogP contribution in [0.1, 0.15) is 18.4 Å². The first-order chi connectivity index (χ1) is 11.1. The van der Waals surface area contributed by atoms with E-state index in [0.717, 1.165) is 45.9 Å². The lowest BCUT2D eigenvalue weighted by molar-refractivity contribution is 0.748. The first-order valence-electron chi connectivity index (χ1n) is 7.55. The van der Waals surface area contributed by atoms with Crippen molar-refractivity contribution in [3.8, 4) is 11.3 Å². The van der Waals surface area contributed by atoms with Crippen molar-refractivity contribution in [2.45, 2.75) is 19.3 Å². The average molecular weight is 412 g/mol. The molecule has 0 aliphatic heterocycles. The maximum absolute atomic E-state index is 6.38. The highest BCUT2D eigenvalue weighted by Gasteiger charge is 2.16. The molecule has 3 N–H and O–H groups in total. The molecular formula is C18H17BrCl2N2. The minimum atomic E-state index is 0.647. The van der Waals surface area contributed by atoms with Crippen LogP contribution in [-0.4, -0.2) is 11.5 Å². The summed E-state index contributed by atoms with van der Waals surface area (Å²) >= 11 is 16.1. The van der Waals surface area contributed by atoms with E-state index in [1.54, 1.807) is 6.07 Å². The summed E-state index contributed by atoms with van der Waals surface area (Å²) in [6.07, 6.45) is 2.98. The van der Waals surface area contributed by atoms with Crippen LogP contribution in [0.15, 0.2) is 40.9 Å². The molecule has 0 fully saturated rings. The fourth-order valence-corrected chi connectivity index (χ4v) is 3.81. The number of fused-ring (bicyclic) bond motifs is 1. The van der Waals surface area contributed by atoms with Gasteiger partial charge in [0.1, 0.15) is 0 Å². The van der Waals surface area contributed by atoms with E-state index >= 15 is 0 Å². The van der Waals surface area contributed by atoms with Crippen molar-refractivity contribution in [3.05, 3.63) is 56.5 Å². The first kappa shape index (κ1) is 16.8. The Kier molecular flexibility index (Phi) is 5.32. The van der Waals surface area contributed by atoms with Gasteiger partial charge in [-0.1, -0.05) is 51.3 Å². The van der Waals surface area contributed by atoms with E-state index in [4.69, 9.17) is 28.9 Å². The molecule has 0 aliphatic carbocycles. The highest BCUT2D eigenvalue weighted by Crippen LogP contribution is 2.37. The summed E-state index contributed by atoms with van der Waals surface area (Å²) in [5, 5.41) is 2.39. The standard InChI is InChI=1S/C18H17BrCl2N2/c19-12-5-3-4-11(8-12)17-14(6-1-2-7-22)15-9-13(20)10-16(21)18(15)23-17/h3-5,8-10,23H,1-2,6-7,22H2. The van der Waals surface area contributed by atoms with Crippen molar-refractivity contribution >= 4 is 50.0 Å². The van der Waals surface area contributed by atoms with Gasteiger partial charge in [0, 0.05) is 20.6 Å². The fourth-order valence-electron chi connectivity index (χ4n) is 2.87. The molecule has 0 saturated carbocycles. The summed E-state index contributed by atoms with van der Waals surface area (Å²) in [6, 6.07) is 12.0. The zero-order chi connectivity index (χ0) is 16.4. The molecule has 23 heavy (non-hydrogen) atoms. The first-order valence-corrected chi connectivity index (χ1v) is 9.10. The van der Waals surface area contributed by atoms with Gasteiger partial charge in [-0.25, -0.2) is 0 Å². The van der Waals surface area contributed by atoms with Gasteiger partial charge in [0.25, 0.3) is 0 Å². The monoisotopic (exact) mass is 410 g/mol. The summed E-state index contributed by atoms with van der Waals surface area (Å²) in [5.41, 5.74) is 10.1. The zero-order valence-electron chi connectivity index (χ0n) is 12.5. The molecule has 0 atom stereocenters. The van der Waals surface area contributed by atoms with Crippen LogP contribution in [0.3, 0.4) is 0 Å². The molecule has 0 aliphatic rings. The van der Waals surface area contributed by atoms with Crippen molar-refractivity contribution in [1.29, 1.82) is 0 Å². The van der Waals surface area contributed by atoms with E-state index in [-0.39, 0.29) is 0 Å². The topological polar surface area (TPSA) is 41.8 Å². The Morgan fingerprint density at radius 2 is 1.91 bits per heavy atom. The molecule has 5 heteroatoms. The Labute approximate surface area is 154 Å². The molecule has 1 heterocycles. The summed E-state index contributed by atoms with van der Waals surface area (Å²) in [7, 11) is 0. The molecule has 120 valence electrons. The predicted octanol–water partition coefficient (Wildman–Crippen LogP) is 6.19. The molecule has 0 radical (unpaired) electrons. The van der Waals surface area contributed by atoms with E-state index in [2.05, 4.69) is 33.0 Å². The van der Waals surface area contributed by atoms with Crippen LogP contribution in [-0.2, 0) is 6.42 Å². The summed E-state index contributed by atoms with van der Waals surface area (Å²) in [5.74, 6) is 0. The van der Waals surface area contributed by atoms with Crippen molar-refractivity contribution in [3.63, 3.8) is 0 Å². The smallest absolute Gasteiger partial charge is 0.0662 e. The fraction of sp³-hybridized carbons (Fsp3) is 0.222. The van der Waals surface area contributed by atoms with E-state index in [9.17, 15) is 0 Å². The Morgan fingerprint density at radius 3 is 2.65 bits per heavy atom. The lowest BCUT2D eigenvalue weighted by atomic mass is 10.0. The van der Waals surface area contributed by atoms with E-state index in [0.29, 0.717) is 16.6 Å². The number of nitrogens with two attached hydrogens (primary N) is 1. The van der Waals surface area contributed by atoms with Crippen LogP contribution in [0.25, 0.3) is 22.2 Å². The van der Waals surface area contributed by atoms with Crippen molar-refractivity contribution in [2.24, 2.45) is 5.73 Å². The van der Waals surface area contributed by atoms with E-state index < -0.39 is 0 Å². The maximum atomic E-state index is 6.38. The van der Waals surface area contributed by atoms with Gasteiger partial charge in [0.05, 0.1) is 10.5 Å². The number of unbranched alkanes of at least 4 members (excludes halogenated alkanes) is 1. The predicted molar refractivity (Wildman–Crippen MR) is 103 cm³/mol. The number of halogens is 3. The summed E-state index contributed by atoms with van der Waals surface area (Å²) in [4.78, 5) is 3.49. The van der Waals surface area contributed by atoms with Gasteiger partial charge < -0.3 is 10.7 Å². The summed E-state index contributed by atoms with van der Waals surface area (Å²) in [6.45, 7) is 0.704. The van der Waals surface area contributed by atoms with Gasteiger partial charge in [-0.15, -0.1) is 0 Å². The van der Waals surface area contributed by atoms with Crippen molar-refractivity contribution < 1.29 is 0 Å². The van der Waals surface area contributed by atoms with Crippen LogP contribution in [0.5, 0.6) is 0 Å². The minimum absolute atomic E-state index is 0.647. The Balaban J connectivity index is 2.19. The summed E-state index contributed by atoms with van der Waals surface area (Å²) < 4.78 is 1.05. The van der Waals surface area contributed by atoms with Crippen LogP contribution in [0, 0.1) is 0 Å². The van der Waals surface area contributed by atoms with E-state index in [1.807, 2.05) is 18.2 Å². The van der Waals surface area contributed by atoms with Crippen molar-refractivity contribution in [1.82, 2.24) is 4.98 Å². The minimum Gasteiger partial charge on any atom is -0.353 e. The maximum Gasteiger partial charge on any atom is 0.0662 e. The third-order valence-electron chi connectivity index (χ3n) is 3.93. The van der Waals surface area contributed by atoms with Gasteiger partial charge in [0.2, 0.25) is 0 Å². The number of benzene rings is 2. The van der Waals surface area contributed by atoms with Crippen LogP contribution < -0.4 is 5.73 Å². The molecule has 3 rings (SSSR count). The molecule has 3 aromatic rings. The Hall–Kier alpha value is -1.00. The highest BCUT2D eigenvalue weighted by atomic mass is 79.9. The van der Waals surface area contributed by atoms with Gasteiger partial charge in [0.15, 0.2) is 0 Å². The molecule has 1 aromatic heterocycles. The number of nitrogens with one attached hydrogen (secondary N) is 1. The van der Waals surface area contributed by atoms with Crippen LogP contribution in [0.4, 0.5) is 0 Å².